The Labute approximate surface area is 85.9 Å². The molecule has 0 spiro atoms. The summed E-state index contributed by atoms with van der Waals surface area (Å²) in [5, 5.41) is 0. The number of rotatable bonds is 5. The fourth-order valence-corrected chi connectivity index (χ4v) is 1.37. The van der Waals surface area contributed by atoms with E-state index in [0.717, 1.165) is 24.6 Å². The lowest BCUT2D eigenvalue weighted by Crippen LogP contribution is -2.24. The molecule has 1 aromatic rings. The summed E-state index contributed by atoms with van der Waals surface area (Å²) in [7, 11) is 0. The molecule has 0 aliphatic heterocycles. The molecule has 1 rings (SSSR count). The van der Waals surface area contributed by atoms with Crippen LogP contribution in [0.4, 0.5) is 11.5 Å². The molecule has 0 unspecified atom stereocenters. The second-order valence-corrected chi connectivity index (χ2v) is 3.38. The number of unbranched alkanes of at least 4 members (excludes halogenated alkanes) is 1. The molecule has 3 nitrogen and oxygen atoms in total. The van der Waals surface area contributed by atoms with Crippen molar-refractivity contribution in [3.05, 3.63) is 18.3 Å². The van der Waals surface area contributed by atoms with Gasteiger partial charge in [-0.05, 0) is 25.5 Å². The van der Waals surface area contributed by atoms with E-state index in [1.165, 1.54) is 12.8 Å². The molecule has 3 heteroatoms. The summed E-state index contributed by atoms with van der Waals surface area (Å²) in [6, 6.07) is 3.88. The Kier molecular flexibility index (Phi) is 4.23. The molecule has 2 N–H and O–H groups in total. The molecule has 0 fully saturated rings. The molecule has 0 aromatic carbocycles. The topological polar surface area (TPSA) is 42.1 Å². The van der Waals surface area contributed by atoms with Crippen LogP contribution in [-0.2, 0) is 0 Å². The maximum atomic E-state index is 5.59. The Balaban J connectivity index is 2.64. The van der Waals surface area contributed by atoms with Crippen molar-refractivity contribution in [1.29, 1.82) is 0 Å². The van der Waals surface area contributed by atoms with Crippen molar-refractivity contribution < 1.29 is 0 Å². The normalized spacial score (nSPS) is 10.1. The lowest BCUT2D eigenvalue weighted by Gasteiger charge is -2.21. The zero-order chi connectivity index (χ0) is 10.4. The van der Waals surface area contributed by atoms with Crippen LogP contribution < -0.4 is 10.6 Å². The number of aromatic nitrogens is 1. The molecule has 0 amide bonds. The first-order valence-corrected chi connectivity index (χ1v) is 5.24. The van der Waals surface area contributed by atoms with Gasteiger partial charge in [0.2, 0.25) is 0 Å². The van der Waals surface area contributed by atoms with Gasteiger partial charge in [0.1, 0.15) is 5.82 Å². The zero-order valence-electron chi connectivity index (χ0n) is 9.03. The molecule has 0 aliphatic rings. The van der Waals surface area contributed by atoms with Crippen LogP contribution in [0.2, 0.25) is 0 Å². The quantitative estimate of drug-likeness (QED) is 0.780. The Morgan fingerprint density at radius 1 is 1.36 bits per heavy atom. The first kappa shape index (κ1) is 10.8. The van der Waals surface area contributed by atoms with Crippen molar-refractivity contribution in [2.45, 2.75) is 26.7 Å². The Bertz CT molecular complexity index is 256. The predicted octanol–water partition coefficient (Wildman–Crippen LogP) is 2.29. The average molecular weight is 193 g/mol. The maximum absolute atomic E-state index is 5.59. The van der Waals surface area contributed by atoms with E-state index < -0.39 is 0 Å². The van der Waals surface area contributed by atoms with Crippen molar-refractivity contribution in [2.24, 2.45) is 0 Å². The van der Waals surface area contributed by atoms with Gasteiger partial charge in [-0.15, -0.1) is 0 Å². The van der Waals surface area contributed by atoms with Crippen molar-refractivity contribution >= 4 is 11.5 Å². The number of nitrogen functional groups attached to an aromatic ring is 1. The lowest BCUT2D eigenvalue weighted by molar-refractivity contribution is 0.724. The first-order valence-electron chi connectivity index (χ1n) is 5.24. The van der Waals surface area contributed by atoms with Gasteiger partial charge in [-0.25, -0.2) is 4.98 Å². The summed E-state index contributed by atoms with van der Waals surface area (Å²) in [5.74, 6) is 1.02. The van der Waals surface area contributed by atoms with Crippen molar-refractivity contribution in [2.75, 3.05) is 23.7 Å². The summed E-state index contributed by atoms with van der Waals surface area (Å²) < 4.78 is 0. The molecule has 0 radical (unpaired) electrons. The number of pyridine rings is 1. The fourth-order valence-electron chi connectivity index (χ4n) is 1.37. The zero-order valence-corrected chi connectivity index (χ0v) is 9.03. The molecule has 0 saturated carbocycles. The monoisotopic (exact) mass is 193 g/mol. The number of nitrogens with two attached hydrogens (primary N) is 1. The second kappa shape index (κ2) is 5.47. The van der Waals surface area contributed by atoms with Crippen LogP contribution in [0.1, 0.15) is 26.7 Å². The number of hydrogen-bond acceptors (Lipinski definition) is 3. The van der Waals surface area contributed by atoms with Gasteiger partial charge >= 0.3 is 0 Å². The minimum absolute atomic E-state index is 0.722. The molecule has 1 aromatic heterocycles. The van der Waals surface area contributed by atoms with Gasteiger partial charge in [0.25, 0.3) is 0 Å². The fraction of sp³-hybridized carbons (Fsp3) is 0.545. The van der Waals surface area contributed by atoms with Crippen LogP contribution >= 0.6 is 0 Å². The Hall–Kier alpha value is -1.25. The van der Waals surface area contributed by atoms with Crippen LogP contribution in [-0.4, -0.2) is 18.1 Å². The number of hydrogen-bond donors (Lipinski definition) is 1. The van der Waals surface area contributed by atoms with E-state index in [1.54, 1.807) is 6.20 Å². The molecule has 0 bridgehead atoms. The summed E-state index contributed by atoms with van der Waals surface area (Å²) in [5.41, 5.74) is 6.31. The Morgan fingerprint density at radius 3 is 2.64 bits per heavy atom. The van der Waals surface area contributed by atoms with Gasteiger partial charge in [0, 0.05) is 13.1 Å². The SMILES string of the molecule is CCCCN(CC)c1ccc(N)cn1. The second-order valence-electron chi connectivity index (χ2n) is 3.38. The van der Waals surface area contributed by atoms with Crippen molar-refractivity contribution in [3.63, 3.8) is 0 Å². The molecule has 0 saturated heterocycles. The minimum atomic E-state index is 0.722. The van der Waals surface area contributed by atoms with E-state index in [0.29, 0.717) is 0 Å². The molecular formula is C11H19N3. The highest BCUT2D eigenvalue weighted by molar-refractivity contribution is 5.45. The molecular weight excluding hydrogens is 174 g/mol. The van der Waals surface area contributed by atoms with Crippen LogP contribution in [0.3, 0.4) is 0 Å². The molecule has 78 valence electrons. The molecule has 14 heavy (non-hydrogen) atoms. The van der Waals surface area contributed by atoms with E-state index in [-0.39, 0.29) is 0 Å². The largest absolute Gasteiger partial charge is 0.397 e. The Morgan fingerprint density at radius 2 is 2.14 bits per heavy atom. The van der Waals surface area contributed by atoms with Gasteiger partial charge in [-0.3, -0.25) is 0 Å². The van der Waals surface area contributed by atoms with Crippen LogP contribution in [0.5, 0.6) is 0 Å². The number of nitrogens with zero attached hydrogens (tertiary/aromatic N) is 2. The van der Waals surface area contributed by atoms with Gasteiger partial charge < -0.3 is 10.6 Å². The molecule has 0 atom stereocenters. The predicted molar refractivity (Wildman–Crippen MR) is 61.4 cm³/mol. The van der Waals surface area contributed by atoms with E-state index in [1.807, 2.05) is 12.1 Å². The van der Waals surface area contributed by atoms with E-state index in [9.17, 15) is 0 Å². The number of anilines is 2. The van der Waals surface area contributed by atoms with Crippen molar-refractivity contribution in [3.8, 4) is 0 Å². The van der Waals surface area contributed by atoms with Crippen molar-refractivity contribution in [1.82, 2.24) is 4.98 Å². The van der Waals surface area contributed by atoms with Crippen LogP contribution in [0.15, 0.2) is 18.3 Å². The maximum Gasteiger partial charge on any atom is 0.128 e. The van der Waals surface area contributed by atoms with Crippen LogP contribution in [0.25, 0.3) is 0 Å². The third-order valence-electron chi connectivity index (χ3n) is 2.26. The third-order valence-corrected chi connectivity index (χ3v) is 2.26. The lowest BCUT2D eigenvalue weighted by atomic mass is 10.3. The van der Waals surface area contributed by atoms with Gasteiger partial charge in [-0.1, -0.05) is 13.3 Å². The van der Waals surface area contributed by atoms with Gasteiger partial charge in [0.05, 0.1) is 11.9 Å². The summed E-state index contributed by atoms with van der Waals surface area (Å²) in [4.78, 5) is 6.57. The average Bonchev–Trinajstić information content (AvgIpc) is 2.21. The molecule has 1 heterocycles. The van der Waals surface area contributed by atoms with E-state index in [4.69, 9.17) is 5.73 Å². The smallest absolute Gasteiger partial charge is 0.128 e. The highest BCUT2D eigenvalue weighted by atomic mass is 15.2. The van der Waals surface area contributed by atoms with E-state index >= 15 is 0 Å². The summed E-state index contributed by atoms with van der Waals surface area (Å²) >= 11 is 0. The van der Waals surface area contributed by atoms with E-state index in [2.05, 4.69) is 23.7 Å². The highest BCUT2D eigenvalue weighted by Crippen LogP contribution is 2.12. The minimum Gasteiger partial charge on any atom is -0.397 e. The third kappa shape index (κ3) is 2.91. The molecule has 0 aliphatic carbocycles. The first-order chi connectivity index (χ1) is 6.77. The summed E-state index contributed by atoms with van der Waals surface area (Å²) in [6.07, 6.45) is 4.13. The van der Waals surface area contributed by atoms with Gasteiger partial charge in [0.15, 0.2) is 0 Å². The van der Waals surface area contributed by atoms with Crippen LogP contribution in [0, 0.1) is 0 Å². The highest BCUT2D eigenvalue weighted by Gasteiger charge is 2.03. The summed E-state index contributed by atoms with van der Waals surface area (Å²) in [6.45, 7) is 6.42. The van der Waals surface area contributed by atoms with Gasteiger partial charge in [-0.2, -0.15) is 0 Å². The standard InChI is InChI=1S/C11H19N3/c1-3-5-8-14(4-2)11-7-6-10(12)9-13-11/h6-7,9H,3-5,8,12H2,1-2H3.